The van der Waals surface area contributed by atoms with E-state index in [1.807, 2.05) is 0 Å². The fourth-order valence-electron chi connectivity index (χ4n) is 1.22. The molecule has 0 radical (unpaired) electrons. The van der Waals surface area contributed by atoms with Crippen molar-refractivity contribution in [2.45, 2.75) is 6.92 Å². The number of rotatable bonds is 3. The van der Waals surface area contributed by atoms with Crippen molar-refractivity contribution in [1.82, 2.24) is 0 Å². The van der Waals surface area contributed by atoms with E-state index in [1.54, 1.807) is 6.92 Å². The third-order valence-corrected chi connectivity index (χ3v) is 3.04. The second-order valence-electron chi connectivity index (χ2n) is 2.77. The molecule has 0 aromatic rings. The van der Waals surface area contributed by atoms with Crippen molar-refractivity contribution in [3.63, 3.8) is 0 Å². The molecular weight excluding hydrogens is 287 g/mol. The van der Waals surface area contributed by atoms with Gasteiger partial charge >= 0.3 is 11.9 Å². The molecule has 13 heavy (non-hydrogen) atoms. The minimum atomic E-state index is -0.697. The lowest BCUT2D eigenvalue weighted by atomic mass is 9.98. The molecule has 4 nitrogen and oxygen atoms in total. The average molecular weight is 298 g/mol. The Labute approximate surface area is 90.1 Å². The molecule has 1 aliphatic heterocycles. The van der Waals surface area contributed by atoms with E-state index in [-0.39, 0.29) is 5.92 Å². The van der Waals surface area contributed by atoms with E-state index in [4.69, 9.17) is 9.47 Å². The van der Waals surface area contributed by atoms with Gasteiger partial charge in [0.15, 0.2) is 5.92 Å². The molecule has 5 heteroatoms. The fraction of sp³-hybridized carbons (Fsp3) is 0.750. The summed E-state index contributed by atoms with van der Waals surface area (Å²) < 4.78 is 10.3. The quantitative estimate of drug-likeness (QED) is 0.334. The lowest BCUT2D eigenvalue weighted by molar-refractivity contribution is -0.156. The zero-order chi connectivity index (χ0) is 9.84. The van der Waals surface area contributed by atoms with Crippen LogP contribution in [0.3, 0.4) is 0 Å². The molecule has 0 aromatic carbocycles. The predicted octanol–water partition coefficient (Wildman–Crippen LogP) is 0.774. The molecule has 0 N–H and O–H groups in total. The highest BCUT2D eigenvalue weighted by Gasteiger charge is 2.42. The van der Waals surface area contributed by atoms with Crippen LogP contribution >= 0.6 is 22.6 Å². The van der Waals surface area contributed by atoms with Gasteiger partial charge in [-0.05, 0) is 6.92 Å². The van der Waals surface area contributed by atoms with Gasteiger partial charge in [0.2, 0.25) is 0 Å². The fourth-order valence-corrected chi connectivity index (χ4v) is 1.98. The van der Waals surface area contributed by atoms with Crippen LogP contribution in [0, 0.1) is 11.8 Å². The molecule has 0 amide bonds. The summed E-state index contributed by atoms with van der Waals surface area (Å²) >= 11 is 2.14. The second kappa shape index (κ2) is 4.78. The van der Waals surface area contributed by atoms with Crippen molar-refractivity contribution < 1.29 is 19.1 Å². The minimum absolute atomic E-state index is 0.0212. The zero-order valence-electron chi connectivity index (χ0n) is 7.29. The number of alkyl halides is 1. The number of carbonyl (C=O) groups excluding carboxylic acids is 2. The van der Waals surface area contributed by atoms with Crippen molar-refractivity contribution in [1.29, 1.82) is 0 Å². The first kappa shape index (κ1) is 10.7. The summed E-state index contributed by atoms with van der Waals surface area (Å²) in [5.41, 5.74) is 0. The molecule has 1 saturated heterocycles. The molecule has 74 valence electrons. The molecular formula is C8H11IO4. The normalized spacial score (nSPS) is 27.1. The highest BCUT2D eigenvalue weighted by atomic mass is 127. The van der Waals surface area contributed by atoms with E-state index in [2.05, 4.69) is 22.6 Å². The van der Waals surface area contributed by atoms with Crippen LogP contribution in [0.2, 0.25) is 0 Å². The van der Waals surface area contributed by atoms with Gasteiger partial charge in [-0.15, -0.1) is 0 Å². The van der Waals surface area contributed by atoms with E-state index < -0.39 is 17.9 Å². The van der Waals surface area contributed by atoms with Crippen LogP contribution in [0.15, 0.2) is 0 Å². The summed E-state index contributed by atoms with van der Waals surface area (Å²) in [7, 11) is 0. The molecule has 1 fully saturated rings. The molecule has 2 atom stereocenters. The van der Waals surface area contributed by atoms with Crippen LogP contribution < -0.4 is 0 Å². The van der Waals surface area contributed by atoms with E-state index in [9.17, 15) is 9.59 Å². The Bertz CT molecular complexity index is 216. The van der Waals surface area contributed by atoms with Crippen LogP contribution in [-0.4, -0.2) is 29.6 Å². The summed E-state index contributed by atoms with van der Waals surface area (Å²) in [6.07, 6.45) is 0. The van der Waals surface area contributed by atoms with E-state index >= 15 is 0 Å². The zero-order valence-corrected chi connectivity index (χ0v) is 9.44. The molecule has 0 aliphatic carbocycles. The maximum absolute atomic E-state index is 11.3. The third-order valence-electron chi connectivity index (χ3n) is 1.90. The van der Waals surface area contributed by atoms with E-state index in [1.165, 1.54) is 0 Å². The predicted molar refractivity (Wildman–Crippen MR) is 53.5 cm³/mol. The van der Waals surface area contributed by atoms with Crippen LogP contribution in [-0.2, 0) is 19.1 Å². The number of esters is 2. The largest absolute Gasteiger partial charge is 0.465 e. The first-order valence-corrected chi connectivity index (χ1v) is 5.62. The highest BCUT2D eigenvalue weighted by Crippen LogP contribution is 2.25. The molecule has 0 spiro atoms. The number of halogens is 1. The summed E-state index contributed by atoms with van der Waals surface area (Å²) in [4.78, 5) is 22.4. The first-order chi connectivity index (χ1) is 6.20. The third kappa shape index (κ3) is 2.32. The Balaban J connectivity index is 2.63. The Morgan fingerprint density at radius 1 is 1.77 bits per heavy atom. The second-order valence-corrected chi connectivity index (χ2v) is 3.65. The number of carbonyl (C=O) groups is 2. The Kier molecular flexibility index (Phi) is 3.95. The van der Waals surface area contributed by atoms with Gasteiger partial charge in [-0.25, -0.2) is 0 Å². The van der Waals surface area contributed by atoms with Crippen LogP contribution in [0.25, 0.3) is 0 Å². The van der Waals surface area contributed by atoms with Crippen LogP contribution in [0.1, 0.15) is 6.92 Å². The van der Waals surface area contributed by atoms with Gasteiger partial charge in [0.05, 0.1) is 13.2 Å². The van der Waals surface area contributed by atoms with Gasteiger partial charge in [-0.1, -0.05) is 22.6 Å². The maximum Gasteiger partial charge on any atom is 0.320 e. The van der Waals surface area contributed by atoms with Crippen LogP contribution in [0.4, 0.5) is 0 Å². The topological polar surface area (TPSA) is 52.6 Å². The summed E-state index contributed by atoms with van der Waals surface area (Å²) in [5.74, 6) is -1.62. The molecule has 2 unspecified atom stereocenters. The first-order valence-electron chi connectivity index (χ1n) is 4.10. The van der Waals surface area contributed by atoms with Gasteiger partial charge in [0.25, 0.3) is 0 Å². The summed E-state index contributed by atoms with van der Waals surface area (Å²) in [6.45, 7) is 2.36. The molecule has 1 aliphatic rings. The Morgan fingerprint density at radius 2 is 2.46 bits per heavy atom. The molecule has 0 saturated carbocycles. The van der Waals surface area contributed by atoms with E-state index in [0.29, 0.717) is 13.2 Å². The van der Waals surface area contributed by atoms with Gasteiger partial charge in [0.1, 0.15) is 0 Å². The number of hydrogen-bond acceptors (Lipinski definition) is 4. The number of cyclic esters (lactones) is 1. The van der Waals surface area contributed by atoms with Gasteiger partial charge < -0.3 is 9.47 Å². The van der Waals surface area contributed by atoms with Crippen molar-refractivity contribution >= 4 is 34.5 Å². The number of ether oxygens (including phenoxy) is 2. The van der Waals surface area contributed by atoms with Crippen molar-refractivity contribution in [2.24, 2.45) is 11.8 Å². The SMILES string of the molecule is CCOC(=O)C1C(=O)OCC1CI. The summed E-state index contributed by atoms with van der Waals surface area (Å²) in [5, 5.41) is 0. The standard InChI is InChI=1S/C8H11IO4/c1-2-12-7(10)6-5(3-9)4-13-8(6)11/h5-6H,2-4H2,1H3. The lowest BCUT2D eigenvalue weighted by Crippen LogP contribution is -2.28. The molecule has 1 heterocycles. The molecule has 0 bridgehead atoms. The Hall–Kier alpha value is -0.330. The highest BCUT2D eigenvalue weighted by molar-refractivity contribution is 14.1. The van der Waals surface area contributed by atoms with Crippen LogP contribution in [0.5, 0.6) is 0 Å². The smallest absolute Gasteiger partial charge is 0.320 e. The van der Waals surface area contributed by atoms with E-state index in [0.717, 1.165) is 4.43 Å². The average Bonchev–Trinajstić information content (AvgIpc) is 2.47. The lowest BCUT2D eigenvalue weighted by Gasteiger charge is -2.10. The van der Waals surface area contributed by atoms with Gasteiger partial charge in [-0.3, -0.25) is 9.59 Å². The van der Waals surface area contributed by atoms with Crippen molar-refractivity contribution in [3.8, 4) is 0 Å². The van der Waals surface area contributed by atoms with Gasteiger partial charge in [0, 0.05) is 10.3 Å². The number of hydrogen-bond donors (Lipinski definition) is 0. The minimum Gasteiger partial charge on any atom is -0.465 e. The maximum atomic E-state index is 11.3. The van der Waals surface area contributed by atoms with Crippen molar-refractivity contribution in [3.05, 3.63) is 0 Å². The molecule has 1 rings (SSSR count). The molecule has 0 aromatic heterocycles. The monoisotopic (exact) mass is 298 g/mol. The van der Waals surface area contributed by atoms with Gasteiger partial charge in [-0.2, -0.15) is 0 Å². The summed E-state index contributed by atoms with van der Waals surface area (Å²) in [6, 6.07) is 0. The Morgan fingerprint density at radius 3 is 3.00 bits per heavy atom. The van der Waals surface area contributed by atoms with Crippen molar-refractivity contribution in [2.75, 3.05) is 17.6 Å².